The fourth-order valence-corrected chi connectivity index (χ4v) is 20.2. The van der Waals surface area contributed by atoms with Gasteiger partial charge >= 0.3 is 139 Å². The Hall–Kier alpha value is 0.469. The molecular weight excluding hydrogens is 361 g/mol. The van der Waals surface area contributed by atoms with Gasteiger partial charge in [0.1, 0.15) is 0 Å². The number of rotatable bonds is 14. The van der Waals surface area contributed by atoms with E-state index in [4.69, 9.17) is 0 Å². The molecule has 2 heteroatoms. The van der Waals surface area contributed by atoms with Gasteiger partial charge in [0.2, 0.25) is 0 Å². The molecule has 0 bridgehead atoms. The Balaban J connectivity index is 4.61. The molecule has 0 N–H and O–H groups in total. The number of aliphatic imine (C=N–C) groups is 1. The van der Waals surface area contributed by atoms with Gasteiger partial charge in [0.05, 0.1) is 0 Å². The van der Waals surface area contributed by atoms with Gasteiger partial charge in [-0.1, -0.05) is 0 Å². The quantitative estimate of drug-likeness (QED) is 0.220. The molecule has 0 aromatic rings. The first-order valence-electron chi connectivity index (χ1n) is 9.58. The molecule has 0 heterocycles. The van der Waals surface area contributed by atoms with Gasteiger partial charge in [-0.25, -0.2) is 0 Å². The fourth-order valence-electron chi connectivity index (χ4n) is 3.33. The Morgan fingerprint density at radius 3 is 1.71 bits per heavy atom. The average Bonchev–Trinajstić information content (AvgIpc) is 2.51. The molecule has 0 aliphatic rings. The van der Waals surface area contributed by atoms with Crippen LogP contribution in [0.2, 0.25) is 17.7 Å². The van der Waals surface area contributed by atoms with Crippen LogP contribution in [0, 0.1) is 5.92 Å². The summed E-state index contributed by atoms with van der Waals surface area (Å²) in [6.07, 6.45) is 12.1. The molecule has 0 radical (unpaired) electrons. The molecule has 1 nitrogen and oxygen atoms in total. The number of unbranched alkanes of at least 4 members (excludes halogenated alkanes) is 3. The zero-order chi connectivity index (χ0) is 16.0. The molecule has 0 aliphatic heterocycles. The molecular formula is C19H41NSn. The predicted molar refractivity (Wildman–Crippen MR) is 103 cm³/mol. The van der Waals surface area contributed by atoms with E-state index in [-0.39, 0.29) is 0 Å². The van der Waals surface area contributed by atoms with Gasteiger partial charge in [-0.3, -0.25) is 0 Å². The summed E-state index contributed by atoms with van der Waals surface area (Å²) in [7, 11) is 0. The van der Waals surface area contributed by atoms with E-state index in [1.807, 2.05) is 13.1 Å². The van der Waals surface area contributed by atoms with E-state index in [1.165, 1.54) is 44.9 Å². The first kappa shape index (κ1) is 21.5. The molecule has 0 aromatic heterocycles. The van der Waals surface area contributed by atoms with Crippen molar-refractivity contribution >= 4 is 24.6 Å². The van der Waals surface area contributed by atoms with Crippen LogP contribution in [-0.4, -0.2) is 31.1 Å². The SMILES string of the molecule is CC=NC[C@H](C)C[CH2][Sn]([CH2]CCC)([CH2]CCC)[CH2]CCC. The Morgan fingerprint density at radius 1 is 0.857 bits per heavy atom. The van der Waals surface area contributed by atoms with E-state index in [0.29, 0.717) is 0 Å². The Labute approximate surface area is 139 Å². The second-order valence-corrected chi connectivity index (χ2v) is 21.3. The number of hydrogen-bond donors (Lipinski definition) is 0. The monoisotopic (exact) mass is 403 g/mol. The molecule has 0 spiro atoms. The van der Waals surface area contributed by atoms with Gasteiger partial charge in [0.25, 0.3) is 0 Å². The summed E-state index contributed by atoms with van der Waals surface area (Å²) in [4.78, 5) is 4.46. The van der Waals surface area contributed by atoms with Gasteiger partial charge in [-0.05, 0) is 0 Å². The first-order chi connectivity index (χ1) is 10.1. The maximum absolute atomic E-state index is 4.46. The number of hydrogen-bond acceptors (Lipinski definition) is 1. The Bertz CT molecular complexity index is 228. The Kier molecular flexibility index (Phi) is 14.4. The first-order valence-corrected chi connectivity index (χ1v) is 17.7. The molecule has 0 saturated carbocycles. The maximum atomic E-state index is 4.46. The van der Waals surface area contributed by atoms with Crippen LogP contribution in [0.4, 0.5) is 0 Å². The molecule has 21 heavy (non-hydrogen) atoms. The second kappa shape index (κ2) is 14.1. The summed E-state index contributed by atoms with van der Waals surface area (Å²) in [6.45, 7) is 12.6. The van der Waals surface area contributed by atoms with Crippen molar-refractivity contribution in [3.05, 3.63) is 0 Å². The molecule has 126 valence electrons. The fraction of sp³-hybridized carbons (Fsp3) is 0.947. The van der Waals surface area contributed by atoms with E-state index in [0.717, 1.165) is 12.5 Å². The van der Waals surface area contributed by atoms with Crippen molar-refractivity contribution in [2.75, 3.05) is 6.54 Å². The summed E-state index contributed by atoms with van der Waals surface area (Å²) in [6, 6.07) is 0. The minimum atomic E-state index is -1.85. The van der Waals surface area contributed by atoms with E-state index >= 15 is 0 Å². The third-order valence-electron chi connectivity index (χ3n) is 4.95. The summed E-state index contributed by atoms with van der Waals surface area (Å²) < 4.78 is 6.62. The minimum absolute atomic E-state index is 0.794. The van der Waals surface area contributed by atoms with Crippen LogP contribution in [-0.2, 0) is 0 Å². The molecule has 0 unspecified atom stereocenters. The van der Waals surface area contributed by atoms with Gasteiger partial charge < -0.3 is 0 Å². The predicted octanol–water partition coefficient (Wildman–Crippen LogP) is 6.95. The molecule has 0 saturated heterocycles. The van der Waals surface area contributed by atoms with Crippen LogP contribution in [0.5, 0.6) is 0 Å². The topological polar surface area (TPSA) is 12.4 Å². The van der Waals surface area contributed by atoms with Crippen LogP contribution >= 0.6 is 0 Å². The van der Waals surface area contributed by atoms with Gasteiger partial charge in [0, 0.05) is 0 Å². The van der Waals surface area contributed by atoms with Gasteiger partial charge in [-0.15, -0.1) is 0 Å². The van der Waals surface area contributed by atoms with Crippen molar-refractivity contribution in [2.24, 2.45) is 10.9 Å². The zero-order valence-corrected chi connectivity index (χ0v) is 18.4. The standard InChI is InChI=1S/C7H14N.3C4H9.Sn/c1-4-7(3)6-8-5-2;3*1-3-4-2;/h5,7H,1,4,6H2,2-3H3;3*1,3-4H2,2H3;/t7-;;;;/m1..../s1. The van der Waals surface area contributed by atoms with E-state index in [1.54, 1.807) is 17.7 Å². The molecule has 0 aliphatic carbocycles. The van der Waals surface area contributed by atoms with Gasteiger partial charge in [-0.2, -0.15) is 0 Å². The van der Waals surface area contributed by atoms with Crippen molar-refractivity contribution in [1.29, 1.82) is 0 Å². The van der Waals surface area contributed by atoms with Crippen LogP contribution in [0.15, 0.2) is 4.99 Å². The van der Waals surface area contributed by atoms with Gasteiger partial charge in [0.15, 0.2) is 0 Å². The van der Waals surface area contributed by atoms with Crippen molar-refractivity contribution in [2.45, 2.75) is 97.3 Å². The van der Waals surface area contributed by atoms with E-state index in [9.17, 15) is 0 Å². The molecule has 0 fully saturated rings. The molecule has 1 atom stereocenters. The summed E-state index contributed by atoms with van der Waals surface area (Å²) in [5, 5.41) is 0. The van der Waals surface area contributed by atoms with Crippen molar-refractivity contribution in [3.63, 3.8) is 0 Å². The third-order valence-corrected chi connectivity index (χ3v) is 20.9. The van der Waals surface area contributed by atoms with E-state index < -0.39 is 18.4 Å². The van der Waals surface area contributed by atoms with Crippen LogP contribution in [0.25, 0.3) is 0 Å². The van der Waals surface area contributed by atoms with Crippen LogP contribution < -0.4 is 0 Å². The van der Waals surface area contributed by atoms with Crippen molar-refractivity contribution in [3.8, 4) is 0 Å². The Morgan fingerprint density at radius 2 is 1.33 bits per heavy atom. The average molecular weight is 402 g/mol. The van der Waals surface area contributed by atoms with Crippen molar-refractivity contribution < 1.29 is 0 Å². The van der Waals surface area contributed by atoms with Crippen molar-refractivity contribution in [1.82, 2.24) is 0 Å². The second-order valence-electron chi connectivity index (χ2n) is 7.08. The molecule has 0 aromatic carbocycles. The molecule has 0 rings (SSSR count). The van der Waals surface area contributed by atoms with Crippen LogP contribution in [0.3, 0.4) is 0 Å². The summed E-state index contributed by atoms with van der Waals surface area (Å²) in [5.41, 5.74) is 0. The third kappa shape index (κ3) is 10.8. The summed E-state index contributed by atoms with van der Waals surface area (Å²) in [5.74, 6) is 0.794. The normalized spacial score (nSPS) is 14.0. The zero-order valence-electron chi connectivity index (χ0n) is 15.6. The number of nitrogens with zero attached hydrogens (tertiary/aromatic N) is 1. The van der Waals surface area contributed by atoms with Crippen LogP contribution in [0.1, 0.15) is 79.6 Å². The van der Waals surface area contributed by atoms with E-state index in [2.05, 4.69) is 32.7 Å². The summed E-state index contributed by atoms with van der Waals surface area (Å²) >= 11 is -1.85. The molecule has 0 amide bonds.